The molecule has 1 aliphatic rings. The Kier molecular flexibility index (Phi) is 2.61. The first kappa shape index (κ1) is 8.95. The van der Waals surface area contributed by atoms with E-state index in [9.17, 15) is 9.59 Å². The SMILES string of the molecule is O=C(O)CN1OCC(O)CC1=O. The average molecular weight is 175 g/mol. The van der Waals surface area contributed by atoms with E-state index in [0.717, 1.165) is 5.06 Å². The van der Waals surface area contributed by atoms with Crippen LogP contribution in [0.1, 0.15) is 6.42 Å². The lowest BCUT2D eigenvalue weighted by atomic mass is 10.2. The van der Waals surface area contributed by atoms with Crippen molar-refractivity contribution in [2.24, 2.45) is 0 Å². The number of carboxylic acids is 1. The summed E-state index contributed by atoms with van der Waals surface area (Å²) in [7, 11) is 0. The summed E-state index contributed by atoms with van der Waals surface area (Å²) in [6.45, 7) is -0.509. The molecule has 1 atom stereocenters. The summed E-state index contributed by atoms with van der Waals surface area (Å²) >= 11 is 0. The van der Waals surface area contributed by atoms with Gasteiger partial charge in [0, 0.05) is 0 Å². The maximum Gasteiger partial charge on any atom is 0.325 e. The van der Waals surface area contributed by atoms with Gasteiger partial charge in [-0.25, -0.2) is 5.06 Å². The minimum Gasteiger partial charge on any atom is -0.480 e. The Morgan fingerprint density at radius 3 is 2.92 bits per heavy atom. The van der Waals surface area contributed by atoms with E-state index in [4.69, 9.17) is 10.2 Å². The smallest absolute Gasteiger partial charge is 0.325 e. The van der Waals surface area contributed by atoms with Gasteiger partial charge in [-0.15, -0.1) is 0 Å². The second-order valence-corrected chi connectivity index (χ2v) is 2.48. The summed E-state index contributed by atoms with van der Waals surface area (Å²) in [5.74, 6) is -1.64. The molecule has 0 aliphatic carbocycles. The van der Waals surface area contributed by atoms with Gasteiger partial charge < -0.3 is 10.2 Å². The minimum absolute atomic E-state index is 0.0288. The number of hydroxylamine groups is 2. The zero-order chi connectivity index (χ0) is 9.14. The average Bonchev–Trinajstić information content (AvgIpc) is 1.94. The van der Waals surface area contributed by atoms with E-state index in [-0.39, 0.29) is 13.0 Å². The molecule has 68 valence electrons. The molecule has 0 radical (unpaired) electrons. The van der Waals surface area contributed by atoms with Crippen molar-refractivity contribution in [2.45, 2.75) is 12.5 Å². The Balaban J connectivity index is 2.45. The van der Waals surface area contributed by atoms with Gasteiger partial charge in [0.15, 0.2) is 0 Å². The first-order valence-corrected chi connectivity index (χ1v) is 3.42. The fraction of sp³-hybridized carbons (Fsp3) is 0.667. The largest absolute Gasteiger partial charge is 0.480 e. The van der Waals surface area contributed by atoms with Gasteiger partial charge >= 0.3 is 5.97 Å². The van der Waals surface area contributed by atoms with Crippen LogP contribution in [-0.2, 0) is 14.4 Å². The molecule has 0 aromatic heterocycles. The zero-order valence-corrected chi connectivity index (χ0v) is 6.27. The van der Waals surface area contributed by atoms with E-state index in [1.54, 1.807) is 0 Å². The molecule has 1 rings (SSSR count). The van der Waals surface area contributed by atoms with Crippen LogP contribution in [0.15, 0.2) is 0 Å². The topological polar surface area (TPSA) is 87.1 Å². The second kappa shape index (κ2) is 3.51. The molecule has 0 aromatic rings. The van der Waals surface area contributed by atoms with Gasteiger partial charge in [-0.3, -0.25) is 14.4 Å². The fourth-order valence-electron chi connectivity index (χ4n) is 0.867. The molecule has 1 unspecified atom stereocenters. The molecule has 1 saturated heterocycles. The molecule has 1 aliphatic heterocycles. The molecule has 12 heavy (non-hydrogen) atoms. The highest BCUT2D eigenvalue weighted by atomic mass is 16.7. The van der Waals surface area contributed by atoms with Crippen LogP contribution in [0.3, 0.4) is 0 Å². The monoisotopic (exact) mass is 175 g/mol. The van der Waals surface area contributed by atoms with Crippen molar-refractivity contribution in [3.8, 4) is 0 Å². The van der Waals surface area contributed by atoms with Crippen molar-refractivity contribution in [1.82, 2.24) is 5.06 Å². The number of hydrogen-bond donors (Lipinski definition) is 2. The number of rotatable bonds is 2. The van der Waals surface area contributed by atoms with E-state index in [0.29, 0.717) is 0 Å². The molecular formula is C6H9NO5. The quantitative estimate of drug-likeness (QED) is 0.538. The number of aliphatic hydroxyl groups excluding tert-OH is 1. The van der Waals surface area contributed by atoms with Crippen molar-refractivity contribution in [3.05, 3.63) is 0 Å². The normalized spacial score (nSPS) is 24.2. The summed E-state index contributed by atoms with van der Waals surface area (Å²) < 4.78 is 0. The fourth-order valence-corrected chi connectivity index (χ4v) is 0.867. The van der Waals surface area contributed by atoms with Crippen LogP contribution in [0.25, 0.3) is 0 Å². The lowest BCUT2D eigenvalue weighted by Crippen LogP contribution is -2.44. The van der Waals surface area contributed by atoms with Gasteiger partial charge in [0.05, 0.1) is 12.5 Å². The number of carboxylic acid groups (broad SMARTS) is 1. The molecule has 6 nitrogen and oxygen atoms in total. The molecule has 1 fully saturated rings. The summed E-state index contributed by atoms with van der Waals surface area (Å²) in [5.41, 5.74) is 0. The van der Waals surface area contributed by atoms with Crippen molar-refractivity contribution in [1.29, 1.82) is 0 Å². The van der Waals surface area contributed by atoms with Crippen molar-refractivity contribution < 1.29 is 24.6 Å². The van der Waals surface area contributed by atoms with Gasteiger partial charge in [-0.2, -0.15) is 0 Å². The number of aliphatic hydroxyl groups is 1. The summed E-state index contributed by atoms with van der Waals surface area (Å²) in [6, 6.07) is 0. The van der Waals surface area contributed by atoms with Gasteiger partial charge in [0.1, 0.15) is 13.2 Å². The van der Waals surface area contributed by atoms with E-state index >= 15 is 0 Å². The highest BCUT2D eigenvalue weighted by molar-refractivity contribution is 5.81. The van der Waals surface area contributed by atoms with Gasteiger partial charge in [0.25, 0.3) is 0 Å². The van der Waals surface area contributed by atoms with E-state index in [1.807, 2.05) is 0 Å². The Labute approximate surface area is 68.3 Å². The Morgan fingerprint density at radius 1 is 1.75 bits per heavy atom. The lowest BCUT2D eigenvalue weighted by molar-refractivity contribution is -0.216. The molecular weight excluding hydrogens is 166 g/mol. The van der Waals surface area contributed by atoms with Crippen LogP contribution >= 0.6 is 0 Å². The summed E-state index contributed by atoms with van der Waals surface area (Å²) in [4.78, 5) is 25.7. The second-order valence-electron chi connectivity index (χ2n) is 2.48. The predicted molar refractivity (Wildman–Crippen MR) is 35.9 cm³/mol. The number of aliphatic carboxylic acids is 1. The minimum atomic E-state index is -1.14. The number of carbonyl (C=O) groups excluding carboxylic acids is 1. The van der Waals surface area contributed by atoms with Gasteiger partial charge in [-0.05, 0) is 0 Å². The summed E-state index contributed by atoms with van der Waals surface area (Å²) in [5, 5.41) is 18.0. The van der Waals surface area contributed by atoms with E-state index in [1.165, 1.54) is 0 Å². The van der Waals surface area contributed by atoms with E-state index in [2.05, 4.69) is 4.84 Å². The number of hydrogen-bond acceptors (Lipinski definition) is 4. The molecule has 6 heteroatoms. The third kappa shape index (κ3) is 2.18. The molecule has 2 N–H and O–H groups in total. The number of carbonyl (C=O) groups is 2. The Bertz CT molecular complexity index is 204. The first-order chi connectivity index (χ1) is 5.59. The predicted octanol–water partition coefficient (Wildman–Crippen LogP) is -1.40. The zero-order valence-electron chi connectivity index (χ0n) is 6.27. The van der Waals surface area contributed by atoms with Gasteiger partial charge in [0.2, 0.25) is 5.91 Å². The standard InChI is InChI=1S/C6H9NO5/c8-4-1-5(9)7(12-3-4)2-6(10)11/h4,8H,1-3H2,(H,10,11). The maximum atomic E-state index is 10.9. The van der Waals surface area contributed by atoms with Crippen LogP contribution in [-0.4, -0.2) is 46.4 Å². The number of amides is 1. The van der Waals surface area contributed by atoms with Crippen LogP contribution in [0.2, 0.25) is 0 Å². The lowest BCUT2D eigenvalue weighted by Gasteiger charge is -2.26. The maximum absolute atomic E-state index is 10.9. The molecule has 0 spiro atoms. The number of nitrogens with zero attached hydrogens (tertiary/aromatic N) is 1. The summed E-state index contributed by atoms with van der Waals surface area (Å²) in [6.07, 6.45) is -0.893. The van der Waals surface area contributed by atoms with Crippen molar-refractivity contribution in [3.63, 3.8) is 0 Å². The van der Waals surface area contributed by atoms with E-state index < -0.39 is 24.5 Å². The molecule has 0 aromatic carbocycles. The third-order valence-electron chi connectivity index (χ3n) is 1.39. The highest BCUT2D eigenvalue weighted by Crippen LogP contribution is 2.07. The Morgan fingerprint density at radius 2 is 2.42 bits per heavy atom. The molecule has 0 bridgehead atoms. The molecule has 1 amide bonds. The van der Waals surface area contributed by atoms with Crippen LogP contribution in [0.5, 0.6) is 0 Å². The Hall–Kier alpha value is -1.14. The van der Waals surface area contributed by atoms with Crippen molar-refractivity contribution in [2.75, 3.05) is 13.2 Å². The van der Waals surface area contributed by atoms with Crippen LogP contribution in [0.4, 0.5) is 0 Å². The van der Waals surface area contributed by atoms with Crippen LogP contribution in [0, 0.1) is 0 Å². The highest BCUT2D eigenvalue weighted by Gasteiger charge is 2.26. The molecule has 1 heterocycles. The molecule has 0 saturated carbocycles. The third-order valence-corrected chi connectivity index (χ3v) is 1.39. The van der Waals surface area contributed by atoms with Crippen LogP contribution < -0.4 is 0 Å². The first-order valence-electron chi connectivity index (χ1n) is 3.42. The van der Waals surface area contributed by atoms with Crippen molar-refractivity contribution >= 4 is 11.9 Å². The van der Waals surface area contributed by atoms with Gasteiger partial charge in [-0.1, -0.05) is 0 Å².